The fourth-order valence-corrected chi connectivity index (χ4v) is 3.77. The zero-order chi connectivity index (χ0) is 17.9. The molecule has 10 heteroatoms. The van der Waals surface area contributed by atoms with Gasteiger partial charge in [0, 0.05) is 19.1 Å². The molecule has 1 aromatic carbocycles. The van der Waals surface area contributed by atoms with E-state index >= 15 is 0 Å². The van der Waals surface area contributed by atoms with Crippen molar-refractivity contribution < 1.29 is 31.1 Å². The van der Waals surface area contributed by atoms with Crippen molar-refractivity contribution in [1.82, 2.24) is 9.62 Å². The number of hydrogen-bond acceptors (Lipinski definition) is 4. The average molecular weight is 366 g/mol. The van der Waals surface area contributed by atoms with Gasteiger partial charge in [-0.3, -0.25) is 0 Å². The molecule has 134 valence electrons. The zero-order valence-electron chi connectivity index (χ0n) is 12.9. The van der Waals surface area contributed by atoms with Crippen molar-refractivity contribution >= 4 is 16.1 Å². The number of carbonyl (C=O) groups excluding carboxylic acids is 1. The maximum atomic E-state index is 13.7. The second-order valence-corrected chi connectivity index (χ2v) is 6.94. The molecular weight excluding hydrogens is 349 g/mol. The van der Waals surface area contributed by atoms with Crippen molar-refractivity contribution in [2.45, 2.75) is 30.7 Å². The molecule has 1 aliphatic rings. The van der Waals surface area contributed by atoms with Crippen LogP contribution in [0.4, 0.5) is 18.0 Å². The lowest BCUT2D eigenvalue weighted by atomic mass is 10.1. The Balaban J connectivity index is 2.04. The standard InChI is InChI=1S/C14H17F3N2O4S/c1-2-23-14(20)19-7-5-9(6-8-19)18-24(21,22)11-4-3-10(15)12(16)13(11)17/h3-4,9,18H,2,5-8H2,1H3. The van der Waals surface area contributed by atoms with Gasteiger partial charge in [-0.2, -0.15) is 0 Å². The number of benzene rings is 1. The summed E-state index contributed by atoms with van der Waals surface area (Å²) in [5.41, 5.74) is 0. The first-order chi connectivity index (χ1) is 11.3. The van der Waals surface area contributed by atoms with E-state index in [4.69, 9.17) is 4.74 Å². The fraction of sp³-hybridized carbons (Fsp3) is 0.500. The van der Waals surface area contributed by atoms with Gasteiger partial charge in [0.25, 0.3) is 0 Å². The summed E-state index contributed by atoms with van der Waals surface area (Å²) >= 11 is 0. The van der Waals surface area contributed by atoms with Crippen LogP contribution < -0.4 is 4.72 Å². The molecule has 24 heavy (non-hydrogen) atoms. The zero-order valence-corrected chi connectivity index (χ0v) is 13.7. The van der Waals surface area contributed by atoms with E-state index in [0.29, 0.717) is 25.0 Å². The van der Waals surface area contributed by atoms with Gasteiger partial charge in [-0.1, -0.05) is 0 Å². The van der Waals surface area contributed by atoms with Crippen molar-refractivity contribution in [2.24, 2.45) is 0 Å². The number of carbonyl (C=O) groups is 1. The molecule has 1 saturated heterocycles. The van der Waals surface area contributed by atoms with Crippen LogP contribution in [0.1, 0.15) is 19.8 Å². The van der Waals surface area contributed by atoms with Crippen LogP contribution in [0.25, 0.3) is 0 Å². The molecule has 0 unspecified atom stereocenters. The number of nitrogens with zero attached hydrogens (tertiary/aromatic N) is 1. The highest BCUT2D eigenvalue weighted by atomic mass is 32.2. The molecule has 0 saturated carbocycles. The number of halogens is 3. The lowest BCUT2D eigenvalue weighted by molar-refractivity contribution is 0.0966. The predicted molar refractivity (Wildman–Crippen MR) is 78.3 cm³/mol. The van der Waals surface area contributed by atoms with Gasteiger partial charge in [-0.05, 0) is 31.9 Å². The van der Waals surface area contributed by atoms with Gasteiger partial charge in [-0.25, -0.2) is 31.1 Å². The molecule has 6 nitrogen and oxygen atoms in total. The molecule has 0 spiro atoms. The Kier molecular flexibility index (Phi) is 5.70. The quantitative estimate of drug-likeness (QED) is 0.827. The minimum Gasteiger partial charge on any atom is -0.450 e. The summed E-state index contributed by atoms with van der Waals surface area (Å²) in [6, 6.07) is 0.674. The number of ether oxygens (including phenoxy) is 1. The molecule has 0 radical (unpaired) electrons. The van der Waals surface area contributed by atoms with Crippen molar-refractivity contribution in [3.05, 3.63) is 29.6 Å². The Labute approximate surface area is 137 Å². The first-order valence-corrected chi connectivity index (χ1v) is 8.82. The van der Waals surface area contributed by atoms with Crippen LogP contribution in [0.5, 0.6) is 0 Å². The second kappa shape index (κ2) is 7.39. The van der Waals surface area contributed by atoms with Gasteiger partial charge in [0.2, 0.25) is 10.0 Å². The van der Waals surface area contributed by atoms with Crippen LogP contribution in [-0.4, -0.2) is 45.1 Å². The third-order valence-electron chi connectivity index (χ3n) is 3.63. The van der Waals surface area contributed by atoms with Gasteiger partial charge in [-0.15, -0.1) is 0 Å². The maximum Gasteiger partial charge on any atom is 0.409 e. The van der Waals surface area contributed by atoms with E-state index in [2.05, 4.69) is 4.72 Å². The molecule has 0 bridgehead atoms. The number of amides is 1. The molecule has 1 fully saturated rings. The minimum atomic E-state index is -4.34. The van der Waals surface area contributed by atoms with E-state index in [-0.39, 0.29) is 19.7 Å². The van der Waals surface area contributed by atoms with Crippen LogP contribution in [0.2, 0.25) is 0 Å². The number of rotatable bonds is 4. The highest BCUT2D eigenvalue weighted by molar-refractivity contribution is 7.89. The lowest BCUT2D eigenvalue weighted by Gasteiger charge is -2.31. The summed E-state index contributed by atoms with van der Waals surface area (Å²) in [7, 11) is -4.34. The molecular formula is C14H17F3N2O4S. The third kappa shape index (κ3) is 3.99. The average Bonchev–Trinajstić information content (AvgIpc) is 2.53. The number of sulfonamides is 1. The molecule has 1 N–H and O–H groups in total. The van der Waals surface area contributed by atoms with Crippen LogP contribution in [0.15, 0.2) is 17.0 Å². The van der Waals surface area contributed by atoms with Gasteiger partial charge in [0.05, 0.1) is 6.61 Å². The van der Waals surface area contributed by atoms with E-state index in [1.807, 2.05) is 0 Å². The molecule has 1 amide bonds. The van der Waals surface area contributed by atoms with Gasteiger partial charge < -0.3 is 9.64 Å². The predicted octanol–water partition coefficient (Wildman–Crippen LogP) is 2.00. The SMILES string of the molecule is CCOC(=O)N1CCC(NS(=O)(=O)c2ccc(F)c(F)c2F)CC1. The van der Waals surface area contributed by atoms with E-state index in [1.165, 1.54) is 4.90 Å². The number of piperidine rings is 1. The summed E-state index contributed by atoms with van der Waals surface area (Å²) in [5.74, 6) is -5.06. The topological polar surface area (TPSA) is 75.7 Å². The van der Waals surface area contributed by atoms with Crippen molar-refractivity contribution in [3.8, 4) is 0 Å². The number of likely N-dealkylation sites (tertiary alicyclic amines) is 1. The molecule has 2 rings (SSSR count). The molecule has 0 atom stereocenters. The van der Waals surface area contributed by atoms with Gasteiger partial charge >= 0.3 is 6.09 Å². The van der Waals surface area contributed by atoms with Crippen LogP contribution in [0, 0.1) is 17.5 Å². The Bertz CT molecular complexity index is 719. The fourth-order valence-electron chi connectivity index (χ4n) is 2.39. The highest BCUT2D eigenvalue weighted by Crippen LogP contribution is 2.21. The maximum absolute atomic E-state index is 13.7. The number of nitrogens with one attached hydrogen (secondary N) is 1. The largest absolute Gasteiger partial charge is 0.450 e. The third-order valence-corrected chi connectivity index (χ3v) is 5.17. The molecule has 1 aromatic rings. The van der Waals surface area contributed by atoms with E-state index in [0.717, 1.165) is 0 Å². The van der Waals surface area contributed by atoms with Crippen molar-refractivity contribution in [1.29, 1.82) is 0 Å². The van der Waals surface area contributed by atoms with Crippen molar-refractivity contribution in [3.63, 3.8) is 0 Å². The summed E-state index contributed by atoms with van der Waals surface area (Å²) in [6.45, 7) is 2.45. The van der Waals surface area contributed by atoms with E-state index in [9.17, 15) is 26.4 Å². The lowest BCUT2D eigenvalue weighted by Crippen LogP contribution is -2.46. The first kappa shape index (κ1) is 18.5. The Morgan fingerprint density at radius 2 is 1.88 bits per heavy atom. The summed E-state index contributed by atoms with van der Waals surface area (Å²) in [6.07, 6.45) is 0.109. The molecule has 1 heterocycles. The smallest absolute Gasteiger partial charge is 0.409 e. The summed E-state index contributed by atoms with van der Waals surface area (Å²) in [4.78, 5) is 12.1. The first-order valence-electron chi connectivity index (χ1n) is 7.33. The Morgan fingerprint density at radius 3 is 2.46 bits per heavy atom. The molecule has 0 aliphatic carbocycles. The highest BCUT2D eigenvalue weighted by Gasteiger charge is 2.30. The minimum absolute atomic E-state index is 0.237. The molecule has 0 aromatic heterocycles. The van der Waals surface area contributed by atoms with Gasteiger partial charge in [0.15, 0.2) is 17.5 Å². The van der Waals surface area contributed by atoms with Crippen molar-refractivity contribution in [2.75, 3.05) is 19.7 Å². The van der Waals surface area contributed by atoms with E-state index in [1.54, 1.807) is 6.92 Å². The van der Waals surface area contributed by atoms with Crippen LogP contribution in [-0.2, 0) is 14.8 Å². The van der Waals surface area contributed by atoms with Crippen LogP contribution in [0.3, 0.4) is 0 Å². The summed E-state index contributed by atoms with van der Waals surface area (Å²) in [5, 5.41) is 0. The Morgan fingerprint density at radius 1 is 1.25 bits per heavy atom. The number of hydrogen-bond donors (Lipinski definition) is 1. The molecule has 1 aliphatic heterocycles. The van der Waals surface area contributed by atoms with E-state index < -0.39 is 44.5 Å². The monoisotopic (exact) mass is 366 g/mol. The summed E-state index contributed by atoms with van der Waals surface area (Å²) < 4.78 is 71.2. The normalized spacial score (nSPS) is 16.2. The van der Waals surface area contributed by atoms with Crippen LogP contribution >= 0.6 is 0 Å². The Hall–Kier alpha value is -1.81. The second-order valence-electron chi connectivity index (χ2n) is 5.26. The van der Waals surface area contributed by atoms with Gasteiger partial charge in [0.1, 0.15) is 4.90 Å².